The Kier molecular flexibility index (Phi) is 4.00. The van der Waals surface area contributed by atoms with E-state index in [1.165, 1.54) is 12.0 Å². The number of halogens is 1. The predicted octanol–water partition coefficient (Wildman–Crippen LogP) is 0.151. The molecule has 0 spiro atoms. The number of carbonyl (C=O) groups is 1. The summed E-state index contributed by atoms with van der Waals surface area (Å²) in [6, 6.07) is -0.848. The van der Waals surface area contributed by atoms with Gasteiger partial charge in [-0.15, -0.1) is 0 Å². The van der Waals surface area contributed by atoms with E-state index in [4.69, 9.17) is 11.6 Å². The van der Waals surface area contributed by atoms with Gasteiger partial charge in [0.1, 0.15) is 12.4 Å². The molecular weight excluding hydrogens is 292 g/mol. The normalized spacial score (nSPS) is 21.9. The Hall–Kier alpha value is -2.00. The third-order valence-corrected chi connectivity index (χ3v) is 3.24. The lowest BCUT2D eigenvalue weighted by Crippen LogP contribution is -2.38. The van der Waals surface area contributed by atoms with Gasteiger partial charge in [0.2, 0.25) is 11.0 Å². The van der Waals surface area contributed by atoms with Gasteiger partial charge < -0.3 is 14.7 Å². The molecule has 1 aliphatic heterocycles. The van der Waals surface area contributed by atoms with Crippen LogP contribution in [-0.4, -0.2) is 51.8 Å². The number of hydrogen-bond donors (Lipinski definition) is 1. The summed E-state index contributed by atoms with van der Waals surface area (Å²) in [5, 5.41) is 20.4. The number of aliphatic hydroxyl groups excluding tert-OH is 1. The quantitative estimate of drug-likeness (QED) is 0.363. The number of aliphatic hydroxyl groups is 1. The zero-order chi connectivity index (χ0) is 14.9. The van der Waals surface area contributed by atoms with Crippen molar-refractivity contribution in [3.63, 3.8) is 0 Å². The highest BCUT2D eigenvalue weighted by atomic mass is 35.5. The van der Waals surface area contributed by atoms with Crippen molar-refractivity contribution in [1.29, 1.82) is 0 Å². The molecule has 2 rings (SSSR count). The molecule has 2 atom stereocenters. The Balaban J connectivity index is 2.47. The van der Waals surface area contributed by atoms with Gasteiger partial charge in [0.05, 0.1) is 18.1 Å². The standard InChI is InChI=1S/C10H11ClN4O5/c1-20-10(17)6-2-5(16)3-14(6)9-7(15(18)19)8(11)12-4-13-9/h4-6,16H,2-3H2,1H3/t5-,6+/m1/s1. The van der Waals surface area contributed by atoms with Gasteiger partial charge in [-0.2, -0.15) is 0 Å². The maximum Gasteiger partial charge on any atom is 0.348 e. The van der Waals surface area contributed by atoms with Crippen molar-refractivity contribution >= 4 is 29.1 Å². The van der Waals surface area contributed by atoms with E-state index < -0.39 is 28.7 Å². The summed E-state index contributed by atoms with van der Waals surface area (Å²) < 4.78 is 4.63. The number of hydrogen-bond acceptors (Lipinski definition) is 8. The first-order valence-corrected chi connectivity index (χ1v) is 6.01. The van der Waals surface area contributed by atoms with Crippen LogP contribution in [0, 0.1) is 10.1 Å². The minimum Gasteiger partial charge on any atom is -0.467 e. The highest BCUT2D eigenvalue weighted by molar-refractivity contribution is 6.31. The molecule has 0 aliphatic carbocycles. The topological polar surface area (TPSA) is 119 Å². The van der Waals surface area contributed by atoms with E-state index in [0.29, 0.717) is 0 Å². The van der Waals surface area contributed by atoms with Crippen LogP contribution < -0.4 is 4.90 Å². The van der Waals surface area contributed by atoms with E-state index in [1.807, 2.05) is 0 Å². The van der Waals surface area contributed by atoms with Crippen molar-refractivity contribution in [2.24, 2.45) is 0 Å². The summed E-state index contributed by atoms with van der Waals surface area (Å²) in [6.07, 6.45) is 0.349. The van der Waals surface area contributed by atoms with Gasteiger partial charge in [0, 0.05) is 13.0 Å². The molecule has 0 aromatic carbocycles. The maximum absolute atomic E-state index is 11.7. The Bertz CT molecular complexity index is 554. The SMILES string of the molecule is COC(=O)[C@@H]1C[C@@H](O)CN1c1ncnc(Cl)c1[N+](=O)[O-]. The molecule has 1 aromatic rings. The second-order valence-electron chi connectivity index (χ2n) is 4.17. The molecular formula is C10H11ClN4O5. The summed E-state index contributed by atoms with van der Waals surface area (Å²) >= 11 is 5.70. The van der Waals surface area contributed by atoms with Crippen LogP contribution in [0.3, 0.4) is 0 Å². The molecule has 0 bridgehead atoms. The fraction of sp³-hybridized carbons (Fsp3) is 0.500. The van der Waals surface area contributed by atoms with Gasteiger partial charge in [-0.25, -0.2) is 14.8 Å². The lowest BCUT2D eigenvalue weighted by Gasteiger charge is -2.22. The number of β-amino-alcohol motifs (C(OH)–C–C–N with tert-alkyl or cyclic N) is 1. The van der Waals surface area contributed by atoms with E-state index in [2.05, 4.69) is 14.7 Å². The highest BCUT2D eigenvalue weighted by Crippen LogP contribution is 2.35. The average Bonchev–Trinajstić information content (AvgIpc) is 2.79. The van der Waals surface area contributed by atoms with Crippen molar-refractivity contribution in [1.82, 2.24) is 9.97 Å². The fourth-order valence-corrected chi connectivity index (χ4v) is 2.32. The van der Waals surface area contributed by atoms with E-state index in [9.17, 15) is 20.0 Å². The smallest absolute Gasteiger partial charge is 0.348 e. The van der Waals surface area contributed by atoms with Gasteiger partial charge in [-0.05, 0) is 0 Å². The van der Waals surface area contributed by atoms with Gasteiger partial charge in [-0.1, -0.05) is 11.6 Å². The van der Waals surface area contributed by atoms with Crippen LogP contribution >= 0.6 is 11.6 Å². The molecule has 1 N–H and O–H groups in total. The number of carbonyl (C=O) groups excluding carboxylic acids is 1. The minimum atomic E-state index is -0.848. The number of nitrogens with zero attached hydrogens (tertiary/aromatic N) is 4. The summed E-state index contributed by atoms with van der Waals surface area (Å²) in [5.41, 5.74) is -0.503. The molecule has 1 fully saturated rings. The third-order valence-electron chi connectivity index (χ3n) is 2.97. The van der Waals surface area contributed by atoms with E-state index >= 15 is 0 Å². The zero-order valence-corrected chi connectivity index (χ0v) is 11.1. The molecule has 1 saturated heterocycles. The van der Waals surface area contributed by atoms with Crippen LogP contribution in [0.4, 0.5) is 11.5 Å². The largest absolute Gasteiger partial charge is 0.467 e. The second-order valence-corrected chi connectivity index (χ2v) is 4.53. The molecule has 0 radical (unpaired) electrons. The van der Waals surface area contributed by atoms with Gasteiger partial charge >= 0.3 is 11.7 Å². The first-order valence-electron chi connectivity index (χ1n) is 5.63. The summed E-state index contributed by atoms with van der Waals surface area (Å²) in [7, 11) is 1.20. The molecule has 20 heavy (non-hydrogen) atoms. The molecule has 9 nitrogen and oxygen atoms in total. The Morgan fingerprint density at radius 2 is 2.35 bits per heavy atom. The Labute approximate surface area is 118 Å². The van der Waals surface area contributed by atoms with Crippen molar-refractivity contribution in [3.05, 3.63) is 21.6 Å². The van der Waals surface area contributed by atoms with Crippen molar-refractivity contribution < 1.29 is 19.6 Å². The van der Waals surface area contributed by atoms with Crippen molar-refractivity contribution in [3.8, 4) is 0 Å². The average molecular weight is 303 g/mol. The summed E-state index contributed by atoms with van der Waals surface area (Å²) in [5.74, 6) is -0.715. The minimum absolute atomic E-state index is 0.0218. The molecule has 0 unspecified atom stereocenters. The summed E-state index contributed by atoms with van der Waals surface area (Å²) in [4.78, 5) is 30.7. The third kappa shape index (κ3) is 2.49. The molecule has 0 amide bonds. The number of ether oxygens (including phenoxy) is 1. The van der Waals surface area contributed by atoms with E-state index in [1.54, 1.807) is 0 Å². The van der Waals surface area contributed by atoms with Crippen LogP contribution in [0.2, 0.25) is 5.15 Å². The monoisotopic (exact) mass is 302 g/mol. The number of aromatic nitrogens is 2. The number of anilines is 1. The number of nitro groups is 1. The lowest BCUT2D eigenvalue weighted by molar-refractivity contribution is -0.384. The number of rotatable bonds is 3. The molecule has 0 saturated carbocycles. The van der Waals surface area contributed by atoms with Gasteiger partial charge in [-0.3, -0.25) is 10.1 Å². The van der Waals surface area contributed by atoms with Crippen molar-refractivity contribution in [2.75, 3.05) is 18.6 Å². The van der Waals surface area contributed by atoms with Crippen LogP contribution in [0.5, 0.6) is 0 Å². The van der Waals surface area contributed by atoms with Crippen LogP contribution in [0.1, 0.15) is 6.42 Å². The van der Waals surface area contributed by atoms with E-state index in [0.717, 1.165) is 6.33 Å². The second kappa shape index (κ2) is 5.55. The Morgan fingerprint density at radius 3 is 2.95 bits per heavy atom. The predicted molar refractivity (Wildman–Crippen MR) is 67.5 cm³/mol. The number of esters is 1. The number of methoxy groups -OCH3 is 1. The fourth-order valence-electron chi connectivity index (χ4n) is 2.12. The van der Waals surface area contributed by atoms with Gasteiger partial charge in [0.25, 0.3) is 0 Å². The van der Waals surface area contributed by atoms with Gasteiger partial charge in [0.15, 0.2) is 0 Å². The van der Waals surface area contributed by atoms with Crippen LogP contribution in [-0.2, 0) is 9.53 Å². The zero-order valence-electron chi connectivity index (χ0n) is 10.4. The van der Waals surface area contributed by atoms with Crippen molar-refractivity contribution in [2.45, 2.75) is 18.6 Å². The molecule has 108 valence electrons. The summed E-state index contributed by atoms with van der Waals surface area (Å²) in [6.45, 7) is 0.0218. The molecule has 1 aromatic heterocycles. The molecule has 1 aliphatic rings. The first kappa shape index (κ1) is 14.4. The van der Waals surface area contributed by atoms with Crippen LogP contribution in [0.25, 0.3) is 0 Å². The Morgan fingerprint density at radius 1 is 1.65 bits per heavy atom. The van der Waals surface area contributed by atoms with Crippen LogP contribution in [0.15, 0.2) is 6.33 Å². The highest BCUT2D eigenvalue weighted by Gasteiger charge is 2.41. The first-order chi connectivity index (χ1) is 9.45. The molecule has 10 heteroatoms. The maximum atomic E-state index is 11.7. The van der Waals surface area contributed by atoms with E-state index in [-0.39, 0.29) is 23.9 Å². The lowest BCUT2D eigenvalue weighted by atomic mass is 10.2. The molecule has 2 heterocycles.